The normalized spacial score (nSPS) is 22.2. The third-order valence-electron chi connectivity index (χ3n) is 5.89. The molecule has 2 fully saturated rings. The van der Waals surface area contributed by atoms with Gasteiger partial charge in [0, 0.05) is 44.6 Å². The lowest BCUT2D eigenvalue weighted by atomic mass is 10.0. The number of rotatable bonds is 4. The average Bonchev–Trinajstić information content (AvgIpc) is 3.35. The molecule has 3 heterocycles. The molecule has 2 aromatic heterocycles. The Morgan fingerprint density at radius 3 is 2.81 bits per heavy atom. The summed E-state index contributed by atoms with van der Waals surface area (Å²) in [6.45, 7) is 10.6. The Balaban J connectivity index is 1.55. The van der Waals surface area contributed by atoms with Crippen molar-refractivity contribution >= 4 is 11.6 Å². The highest BCUT2D eigenvalue weighted by Crippen LogP contribution is 2.32. The molecule has 0 aromatic carbocycles. The lowest BCUT2D eigenvalue weighted by Gasteiger charge is -2.34. The zero-order valence-corrected chi connectivity index (χ0v) is 16.2. The molecule has 1 saturated carbocycles. The van der Waals surface area contributed by atoms with Crippen LogP contribution in [0.2, 0.25) is 0 Å². The lowest BCUT2D eigenvalue weighted by Crippen LogP contribution is -2.46. The van der Waals surface area contributed by atoms with E-state index in [-0.39, 0.29) is 5.91 Å². The molecule has 26 heavy (non-hydrogen) atoms. The van der Waals surface area contributed by atoms with Crippen molar-refractivity contribution in [3.8, 4) is 0 Å². The Hall–Kier alpha value is -1.88. The molecule has 1 aliphatic heterocycles. The van der Waals surface area contributed by atoms with E-state index in [0.717, 1.165) is 43.2 Å². The number of carbonyl (C=O) groups is 1. The van der Waals surface area contributed by atoms with Crippen LogP contribution in [0.3, 0.4) is 0 Å². The third kappa shape index (κ3) is 3.50. The first-order chi connectivity index (χ1) is 12.5. The molecule has 0 spiro atoms. The predicted octanol–water partition coefficient (Wildman–Crippen LogP) is 3.23. The topological polar surface area (TPSA) is 40.9 Å². The van der Waals surface area contributed by atoms with E-state index in [2.05, 4.69) is 23.7 Å². The predicted molar refractivity (Wildman–Crippen MR) is 103 cm³/mol. The standard InChI is InChI=1S/C21H30N4O/c1-15(2)19-14-25(11-5-10-23(19)12-17-7-8-17)21(26)18-13-24-9-4-6-16(3)20(24)22-18/h4,6,9,13,15,17,19H,5,7-8,10-12,14H2,1-3H3/t19-/m0/s1. The molecule has 4 rings (SSSR count). The largest absolute Gasteiger partial charge is 0.336 e. The first-order valence-electron chi connectivity index (χ1n) is 10.0. The van der Waals surface area contributed by atoms with Crippen molar-refractivity contribution in [2.45, 2.75) is 46.1 Å². The number of carbonyl (C=O) groups excluding carboxylic acids is 1. The average molecular weight is 354 g/mol. The summed E-state index contributed by atoms with van der Waals surface area (Å²) >= 11 is 0. The van der Waals surface area contributed by atoms with Crippen LogP contribution in [0, 0.1) is 18.8 Å². The quantitative estimate of drug-likeness (QED) is 0.846. The summed E-state index contributed by atoms with van der Waals surface area (Å²) < 4.78 is 1.96. The van der Waals surface area contributed by atoms with Gasteiger partial charge < -0.3 is 9.30 Å². The zero-order chi connectivity index (χ0) is 18.3. The first-order valence-corrected chi connectivity index (χ1v) is 10.0. The van der Waals surface area contributed by atoms with Crippen molar-refractivity contribution in [3.63, 3.8) is 0 Å². The maximum Gasteiger partial charge on any atom is 0.274 e. The van der Waals surface area contributed by atoms with E-state index in [1.54, 1.807) is 0 Å². The molecule has 5 heteroatoms. The van der Waals surface area contributed by atoms with Gasteiger partial charge >= 0.3 is 0 Å². The van der Waals surface area contributed by atoms with Gasteiger partial charge in [0.25, 0.3) is 5.91 Å². The van der Waals surface area contributed by atoms with Crippen molar-refractivity contribution in [1.82, 2.24) is 19.2 Å². The fourth-order valence-electron chi connectivity index (χ4n) is 4.16. The fourth-order valence-corrected chi connectivity index (χ4v) is 4.16. The van der Waals surface area contributed by atoms with Gasteiger partial charge in [-0.3, -0.25) is 9.69 Å². The van der Waals surface area contributed by atoms with Gasteiger partial charge in [0.2, 0.25) is 0 Å². The Morgan fingerprint density at radius 2 is 2.12 bits per heavy atom. The van der Waals surface area contributed by atoms with Crippen LogP contribution >= 0.6 is 0 Å². The van der Waals surface area contributed by atoms with Crippen LogP contribution in [-0.2, 0) is 0 Å². The van der Waals surface area contributed by atoms with Crippen molar-refractivity contribution in [1.29, 1.82) is 0 Å². The molecule has 0 N–H and O–H groups in total. The monoisotopic (exact) mass is 354 g/mol. The molecule has 5 nitrogen and oxygen atoms in total. The van der Waals surface area contributed by atoms with Gasteiger partial charge in [0.15, 0.2) is 0 Å². The second-order valence-corrected chi connectivity index (χ2v) is 8.40. The molecule has 2 aromatic rings. The fraction of sp³-hybridized carbons (Fsp3) is 0.619. The number of imidazole rings is 1. The SMILES string of the molecule is Cc1cccn2cc(C(=O)N3CCCN(CC4CC4)[C@H](C(C)C)C3)nc12. The number of nitrogens with zero attached hydrogens (tertiary/aromatic N) is 4. The van der Waals surface area contributed by atoms with E-state index in [1.165, 1.54) is 19.4 Å². The van der Waals surface area contributed by atoms with Crippen molar-refractivity contribution in [2.75, 3.05) is 26.2 Å². The molecule has 1 saturated heterocycles. The summed E-state index contributed by atoms with van der Waals surface area (Å²) in [5.74, 6) is 1.51. The van der Waals surface area contributed by atoms with E-state index in [4.69, 9.17) is 0 Å². The number of aryl methyl sites for hydroxylation is 1. The van der Waals surface area contributed by atoms with Crippen LogP contribution in [0.5, 0.6) is 0 Å². The Morgan fingerprint density at radius 1 is 1.31 bits per heavy atom. The van der Waals surface area contributed by atoms with Gasteiger partial charge in [-0.15, -0.1) is 0 Å². The third-order valence-corrected chi connectivity index (χ3v) is 5.89. The number of fused-ring (bicyclic) bond motifs is 1. The van der Waals surface area contributed by atoms with Gasteiger partial charge in [-0.1, -0.05) is 19.9 Å². The maximum absolute atomic E-state index is 13.2. The summed E-state index contributed by atoms with van der Waals surface area (Å²) in [6.07, 6.45) is 7.65. The van der Waals surface area contributed by atoms with E-state index in [9.17, 15) is 4.79 Å². The van der Waals surface area contributed by atoms with Gasteiger partial charge in [-0.2, -0.15) is 0 Å². The number of amides is 1. The molecule has 1 atom stereocenters. The minimum absolute atomic E-state index is 0.0759. The molecule has 140 valence electrons. The van der Waals surface area contributed by atoms with Crippen LogP contribution in [0.4, 0.5) is 0 Å². The summed E-state index contributed by atoms with van der Waals surface area (Å²) in [4.78, 5) is 22.5. The molecule has 2 aliphatic rings. The highest BCUT2D eigenvalue weighted by Gasteiger charge is 2.33. The highest BCUT2D eigenvalue weighted by atomic mass is 16.2. The molecule has 0 unspecified atom stereocenters. The van der Waals surface area contributed by atoms with Crippen LogP contribution in [-0.4, -0.2) is 57.3 Å². The number of pyridine rings is 1. The molecule has 1 amide bonds. The smallest absolute Gasteiger partial charge is 0.274 e. The molecule has 1 aliphatic carbocycles. The van der Waals surface area contributed by atoms with Gasteiger partial charge in [-0.05, 0) is 49.7 Å². The van der Waals surface area contributed by atoms with Crippen LogP contribution in [0.15, 0.2) is 24.5 Å². The molecular weight excluding hydrogens is 324 g/mol. The molecule has 0 bridgehead atoms. The van der Waals surface area contributed by atoms with Crippen LogP contribution in [0.1, 0.15) is 49.2 Å². The van der Waals surface area contributed by atoms with E-state index >= 15 is 0 Å². The molecule has 0 radical (unpaired) electrons. The number of hydrogen-bond donors (Lipinski definition) is 0. The lowest BCUT2D eigenvalue weighted by molar-refractivity contribution is 0.0699. The van der Waals surface area contributed by atoms with Crippen molar-refractivity contribution in [2.24, 2.45) is 11.8 Å². The summed E-state index contributed by atoms with van der Waals surface area (Å²) in [6, 6.07) is 4.47. The highest BCUT2D eigenvalue weighted by molar-refractivity contribution is 5.93. The van der Waals surface area contributed by atoms with Crippen molar-refractivity contribution < 1.29 is 4.79 Å². The minimum Gasteiger partial charge on any atom is -0.336 e. The Bertz CT molecular complexity index is 792. The van der Waals surface area contributed by atoms with Gasteiger partial charge in [-0.25, -0.2) is 4.98 Å². The maximum atomic E-state index is 13.2. The van der Waals surface area contributed by atoms with E-state index in [1.807, 2.05) is 40.8 Å². The van der Waals surface area contributed by atoms with E-state index < -0.39 is 0 Å². The zero-order valence-electron chi connectivity index (χ0n) is 16.2. The van der Waals surface area contributed by atoms with Gasteiger partial charge in [0.05, 0.1) is 0 Å². The Labute approximate surface area is 156 Å². The number of aromatic nitrogens is 2. The van der Waals surface area contributed by atoms with Crippen LogP contribution < -0.4 is 0 Å². The number of hydrogen-bond acceptors (Lipinski definition) is 3. The minimum atomic E-state index is 0.0759. The molecular formula is C21H30N4O. The van der Waals surface area contributed by atoms with Crippen molar-refractivity contribution in [3.05, 3.63) is 35.8 Å². The second-order valence-electron chi connectivity index (χ2n) is 8.40. The Kier molecular flexibility index (Phi) is 4.74. The van der Waals surface area contributed by atoms with E-state index in [0.29, 0.717) is 17.7 Å². The second kappa shape index (κ2) is 7.03. The summed E-state index contributed by atoms with van der Waals surface area (Å²) in [5.41, 5.74) is 2.54. The summed E-state index contributed by atoms with van der Waals surface area (Å²) in [7, 11) is 0. The first kappa shape index (κ1) is 17.5. The van der Waals surface area contributed by atoms with Crippen LogP contribution in [0.25, 0.3) is 5.65 Å². The summed E-state index contributed by atoms with van der Waals surface area (Å²) in [5, 5.41) is 0. The van der Waals surface area contributed by atoms with Gasteiger partial charge in [0.1, 0.15) is 11.3 Å².